The van der Waals surface area contributed by atoms with Crippen molar-refractivity contribution in [3.05, 3.63) is 0 Å². The lowest BCUT2D eigenvalue weighted by Crippen LogP contribution is -2.44. The van der Waals surface area contributed by atoms with Crippen molar-refractivity contribution < 1.29 is 17.6 Å². The van der Waals surface area contributed by atoms with Crippen molar-refractivity contribution >= 4 is 0 Å². The summed E-state index contributed by atoms with van der Waals surface area (Å²) in [5.74, 6) is 0.186. The lowest BCUT2D eigenvalue weighted by Gasteiger charge is -2.35. The highest BCUT2D eigenvalue weighted by Gasteiger charge is 2.56. The highest BCUT2D eigenvalue weighted by Crippen LogP contribution is 2.45. The summed E-state index contributed by atoms with van der Waals surface area (Å²) >= 11 is 0. The van der Waals surface area contributed by atoms with E-state index < -0.39 is 11.8 Å². The molecule has 1 saturated carbocycles. The molecule has 0 spiro atoms. The van der Waals surface area contributed by atoms with Gasteiger partial charge in [-0.2, -0.15) is 13.2 Å². The molecule has 0 heterocycles. The highest BCUT2D eigenvalue weighted by molar-refractivity contribution is 4.92. The van der Waals surface area contributed by atoms with Crippen LogP contribution in [0.25, 0.3) is 0 Å². The van der Waals surface area contributed by atoms with E-state index in [-0.39, 0.29) is 18.8 Å². The standard InChI is InChI=1S/C9H15F4N/c1-14-6-7-2-4-8(10,5-3-7)9(11,12)13/h7,14H,2-6H2,1H3. The van der Waals surface area contributed by atoms with Crippen LogP contribution >= 0.6 is 0 Å². The molecule has 1 fully saturated rings. The first-order chi connectivity index (χ1) is 6.39. The number of hydrogen-bond acceptors (Lipinski definition) is 1. The second-order valence-corrected chi connectivity index (χ2v) is 3.96. The van der Waals surface area contributed by atoms with Gasteiger partial charge in [-0.3, -0.25) is 0 Å². The molecule has 0 aliphatic heterocycles. The minimum Gasteiger partial charge on any atom is -0.319 e. The van der Waals surface area contributed by atoms with Gasteiger partial charge in [-0.05, 0) is 45.2 Å². The molecule has 1 aliphatic carbocycles. The van der Waals surface area contributed by atoms with E-state index in [2.05, 4.69) is 5.32 Å². The van der Waals surface area contributed by atoms with Crippen LogP contribution in [0.3, 0.4) is 0 Å². The van der Waals surface area contributed by atoms with Gasteiger partial charge in [0.25, 0.3) is 0 Å². The molecule has 1 N–H and O–H groups in total. The molecule has 0 aromatic carbocycles. The molecule has 84 valence electrons. The number of halogens is 4. The zero-order chi connectivity index (χ0) is 10.8. The maximum Gasteiger partial charge on any atom is 0.422 e. The first kappa shape index (κ1) is 11.8. The Labute approximate surface area is 80.9 Å². The van der Waals surface area contributed by atoms with Gasteiger partial charge in [-0.25, -0.2) is 4.39 Å². The van der Waals surface area contributed by atoms with Crippen LogP contribution in [0.4, 0.5) is 17.6 Å². The molecule has 0 unspecified atom stereocenters. The Hall–Kier alpha value is -0.320. The zero-order valence-corrected chi connectivity index (χ0v) is 8.12. The molecule has 0 saturated heterocycles. The monoisotopic (exact) mass is 213 g/mol. The third kappa shape index (κ3) is 2.38. The molecule has 0 aromatic rings. The van der Waals surface area contributed by atoms with Crippen molar-refractivity contribution in [1.29, 1.82) is 0 Å². The van der Waals surface area contributed by atoms with Crippen molar-refractivity contribution in [3.63, 3.8) is 0 Å². The van der Waals surface area contributed by atoms with Crippen molar-refractivity contribution in [2.24, 2.45) is 5.92 Å². The molecule has 0 radical (unpaired) electrons. The fraction of sp³-hybridized carbons (Fsp3) is 1.00. The van der Waals surface area contributed by atoms with Crippen molar-refractivity contribution in [2.75, 3.05) is 13.6 Å². The third-order valence-corrected chi connectivity index (χ3v) is 2.90. The van der Waals surface area contributed by atoms with Crippen LogP contribution in [-0.2, 0) is 0 Å². The van der Waals surface area contributed by atoms with Crippen LogP contribution < -0.4 is 5.32 Å². The highest BCUT2D eigenvalue weighted by atomic mass is 19.4. The molecular weight excluding hydrogens is 198 g/mol. The van der Waals surface area contributed by atoms with Crippen LogP contribution in [0.5, 0.6) is 0 Å². The fourth-order valence-corrected chi connectivity index (χ4v) is 1.91. The van der Waals surface area contributed by atoms with E-state index in [1.165, 1.54) is 0 Å². The number of hydrogen-bond donors (Lipinski definition) is 1. The molecule has 1 aliphatic rings. The smallest absolute Gasteiger partial charge is 0.319 e. The van der Waals surface area contributed by atoms with E-state index in [9.17, 15) is 17.6 Å². The van der Waals surface area contributed by atoms with Crippen molar-refractivity contribution in [1.82, 2.24) is 5.32 Å². The summed E-state index contributed by atoms with van der Waals surface area (Å²) in [7, 11) is 1.75. The van der Waals surface area contributed by atoms with Gasteiger partial charge >= 0.3 is 6.18 Å². The van der Waals surface area contributed by atoms with E-state index in [1.54, 1.807) is 7.05 Å². The average molecular weight is 213 g/mol. The van der Waals surface area contributed by atoms with Gasteiger partial charge in [0.1, 0.15) is 0 Å². The maximum atomic E-state index is 13.3. The van der Waals surface area contributed by atoms with Gasteiger partial charge in [-0.1, -0.05) is 0 Å². The Bertz CT molecular complexity index is 182. The molecule has 1 nitrogen and oxygen atoms in total. The number of rotatable bonds is 2. The predicted octanol–water partition coefficient (Wildman–Crippen LogP) is 2.67. The summed E-state index contributed by atoms with van der Waals surface area (Å²) in [6, 6.07) is 0. The second-order valence-electron chi connectivity index (χ2n) is 3.96. The van der Waals surface area contributed by atoms with E-state index in [1.807, 2.05) is 0 Å². The minimum absolute atomic E-state index is 0.186. The summed E-state index contributed by atoms with van der Waals surface area (Å²) in [6.07, 6.45) is -4.84. The first-order valence-corrected chi connectivity index (χ1v) is 4.79. The molecular formula is C9H15F4N. The minimum atomic E-state index is -4.70. The Morgan fingerprint density at radius 3 is 2.14 bits per heavy atom. The van der Waals surface area contributed by atoms with Gasteiger partial charge in [0, 0.05) is 0 Å². The Morgan fingerprint density at radius 2 is 1.79 bits per heavy atom. The van der Waals surface area contributed by atoms with E-state index in [0.29, 0.717) is 19.4 Å². The lowest BCUT2D eigenvalue weighted by molar-refractivity contribution is -0.241. The molecule has 0 amide bonds. The fourth-order valence-electron chi connectivity index (χ4n) is 1.91. The normalized spacial score (nSPS) is 34.5. The third-order valence-electron chi connectivity index (χ3n) is 2.90. The summed E-state index contributed by atoms with van der Waals surface area (Å²) in [4.78, 5) is 0. The molecule has 0 atom stereocenters. The molecule has 5 heteroatoms. The van der Waals surface area contributed by atoms with Crippen molar-refractivity contribution in [3.8, 4) is 0 Å². The summed E-state index contributed by atoms with van der Waals surface area (Å²) in [5, 5.41) is 2.90. The van der Waals surface area contributed by atoms with E-state index >= 15 is 0 Å². The molecule has 0 aromatic heterocycles. The summed E-state index contributed by atoms with van der Waals surface area (Å²) in [6.45, 7) is 0.675. The summed E-state index contributed by atoms with van der Waals surface area (Å²) in [5.41, 5.74) is -2.93. The second kappa shape index (κ2) is 4.04. The van der Waals surface area contributed by atoms with Crippen LogP contribution in [0.1, 0.15) is 25.7 Å². The molecule has 1 rings (SSSR count). The Balaban J connectivity index is 2.49. The van der Waals surface area contributed by atoms with E-state index in [4.69, 9.17) is 0 Å². The number of nitrogens with one attached hydrogen (secondary N) is 1. The Morgan fingerprint density at radius 1 is 1.29 bits per heavy atom. The quantitative estimate of drug-likeness (QED) is 0.695. The first-order valence-electron chi connectivity index (χ1n) is 4.79. The molecule has 0 bridgehead atoms. The van der Waals surface area contributed by atoms with Crippen LogP contribution in [0.15, 0.2) is 0 Å². The van der Waals surface area contributed by atoms with Crippen LogP contribution in [0, 0.1) is 5.92 Å². The predicted molar refractivity (Wildman–Crippen MR) is 45.8 cm³/mol. The largest absolute Gasteiger partial charge is 0.422 e. The van der Waals surface area contributed by atoms with Gasteiger partial charge < -0.3 is 5.32 Å². The van der Waals surface area contributed by atoms with Gasteiger partial charge in [0.05, 0.1) is 0 Å². The SMILES string of the molecule is CNCC1CCC(F)(C(F)(F)F)CC1. The number of alkyl halides is 4. The van der Waals surface area contributed by atoms with Gasteiger partial charge in [0.2, 0.25) is 5.67 Å². The van der Waals surface area contributed by atoms with E-state index in [0.717, 1.165) is 0 Å². The van der Waals surface area contributed by atoms with Crippen LogP contribution in [0.2, 0.25) is 0 Å². The topological polar surface area (TPSA) is 12.0 Å². The van der Waals surface area contributed by atoms with Crippen molar-refractivity contribution in [2.45, 2.75) is 37.5 Å². The van der Waals surface area contributed by atoms with Crippen LogP contribution in [-0.4, -0.2) is 25.4 Å². The lowest BCUT2D eigenvalue weighted by atomic mass is 9.79. The average Bonchev–Trinajstić information content (AvgIpc) is 2.08. The van der Waals surface area contributed by atoms with Gasteiger partial charge in [-0.15, -0.1) is 0 Å². The zero-order valence-electron chi connectivity index (χ0n) is 8.12. The van der Waals surface area contributed by atoms with Gasteiger partial charge in [0.15, 0.2) is 0 Å². The summed E-state index contributed by atoms with van der Waals surface area (Å²) < 4.78 is 50.1. The Kier molecular flexibility index (Phi) is 3.40. The maximum absolute atomic E-state index is 13.3. The molecule has 14 heavy (non-hydrogen) atoms.